The number of amides is 1. The maximum Gasteiger partial charge on any atom is 0.234 e. The summed E-state index contributed by atoms with van der Waals surface area (Å²) in [6, 6.07) is 14.3. The van der Waals surface area contributed by atoms with Gasteiger partial charge in [-0.15, -0.1) is 0 Å². The molecule has 0 bridgehead atoms. The lowest BCUT2D eigenvalue weighted by molar-refractivity contribution is -0.122. The molecule has 2 aromatic rings. The highest BCUT2D eigenvalue weighted by Gasteiger charge is 2.35. The van der Waals surface area contributed by atoms with Crippen LogP contribution in [0.2, 0.25) is 0 Å². The van der Waals surface area contributed by atoms with Gasteiger partial charge in [0.2, 0.25) is 5.91 Å². The van der Waals surface area contributed by atoms with Gasteiger partial charge in [-0.05, 0) is 22.8 Å². The lowest BCUT2D eigenvalue weighted by Crippen LogP contribution is -2.39. The third-order valence-corrected chi connectivity index (χ3v) is 4.28. The summed E-state index contributed by atoms with van der Waals surface area (Å²) < 4.78 is 5.40. The number of carbonyl (C=O) groups is 1. The van der Waals surface area contributed by atoms with Crippen LogP contribution in [0.5, 0.6) is 0 Å². The average molecular weight is 284 g/mol. The average Bonchev–Trinajstić information content (AvgIpc) is 2.91. The van der Waals surface area contributed by atoms with Crippen LogP contribution in [0.1, 0.15) is 12.0 Å². The van der Waals surface area contributed by atoms with Gasteiger partial charge in [0.05, 0.1) is 12.1 Å². The Morgan fingerprint density at radius 3 is 2.81 bits per heavy atom. The van der Waals surface area contributed by atoms with E-state index in [1.54, 1.807) is 7.11 Å². The van der Waals surface area contributed by atoms with E-state index in [0.717, 1.165) is 13.1 Å². The molecule has 2 N–H and O–H groups in total. The van der Waals surface area contributed by atoms with E-state index in [1.807, 2.05) is 12.1 Å². The van der Waals surface area contributed by atoms with Crippen molar-refractivity contribution in [3.05, 3.63) is 48.0 Å². The first kappa shape index (κ1) is 14.0. The fraction of sp³-hybridized carbons (Fsp3) is 0.353. The van der Waals surface area contributed by atoms with Crippen molar-refractivity contribution >= 4 is 16.7 Å². The van der Waals surface area contributed by atoms with Crippen LogP contribution in [0.25, 0.3) is 10.8 Å². The molecular formula is C17H20N2O2. The van der Waals surface area contributed by atoms with E-state index in [0.29, 0.717) is 6.42 Å². The summed E-state index contributed by atoms with van der Waals surface area (Å²) in [5, 5.41) is 2.44. The Bertz CT molecular complexity index is 651. The number of ether oxygens (including phenoxy) is 1. The van der Waals surface area contributed by atoms with Gasteiger partial charge in [-0.1, -0.05) is 42.5 Å². The van der Waals surface area contributed by atoms with E-state index in [4.69, 9.17) is 10.5 Å². The summed E-state index contributed by atoms with van der Waals surface area (Å²) in [7, 11) is 1.68. The molecular weight excluding hydrogens is 264 g/mol. The lowest BCUT2D eigenvalue weighted by Gasteiger charge is -2.22. The second-order valence-electron chi connectivity index (χ2n) is 5.58. The Kier molecular flexibility index (Phi) is 3.90. The number of fused-ring (bicyclic) bond motifs is 1. The molecule has 0 spiro atoms. The summed E-state index contributed by atoms with van der Waals surface area (Å²) in [5.74, 6) is -0.269. The first-order chi connectivity index (χ1) is 10.2. The Morgan fingerprint density at radius 1 is 1.29 bits per heavy atom. The molecule has 1 aliphatic heterocycles. The van der Waals surface area contributed by atoms with Crippen LogP contribution < -0.4 is 5.73 Å². The maximum absolute atomic E-state index is 11.7. The van der Waals surface area contributed by atoms with Crippen LogP contribution in [-0.2, 0) is 16.1 Å². The van der Waals surface area contributed by atoms with Crippen molar-refractivity contribution in [2.45, 2.75) is 25.1 Å². The quantitative estimate of drug-likeness (QED) is 0.933. The van der Waals surface area contributed by atoms with E-state index in [9.17, 15) is 4.79 Å². The third-order valence-electron chi connectivity index (χ3n) is 4.28. The van der Waals surface area contributed by atoms with Crippen molar-refractivity contribution in [3.8, 4) is 0 Å². The third kappa shape index (κ3) is 2.77. The molecule has 1 heterocycles. The minimum absolute atomic E-state index is 0.0810. The van der Waals surface area contributed by atoms with Crippen LogP contribution >= 0.6 is 0 Å². The minimum Gasteiger partial charge on any atom is -0.380 e. The van der Waals surface area contributed by atoms with E-state index in [2.05, 4.69) is 35.2 Å². The molecule has 2 atom stereocenters. The zero-order valence-electron chi connectivity index (χ0n) is 12.2. The normalized spacial score (nSPS) is 22.7. The number of nitrogens with two attached hydrogens (primary N) is 1. The van der Waals surface area contributed by atoms with Gasteiger partial charge >= 0.3 is 0 Å². The van der Waals surface area contributed by atoms with Gasteiger partial charge in [0.1, 0.15) is 0 Å². The van der Waals surface area contributed by atoms with Crippen LogP contribution in [0.15, 0.2) is 42.5 Å². The smallest absolute Gasteiger partial charge is 0.234 e. The van der Waals surface area contributed by atoms with Crippen LogP contribution in [0, 0.1) is 0 Å². The summed E-state index contributed by atoms with van der Waals surface area (Å²) in [5.41, 5.74) is 6.75. The summed E-state index contributed by atoms with van der Waals surface area (Å²) in [6.07, 6.45) is 0.758. The highest BCUT2D eigenvalue weighted by molar-refractivity contribution is 5.85. The zero-order valence-corrected chi connectivity index (χ0v) is 12.2. The zero-order chi connectivity index (χ0) is 14.8. The number of primary amides is 1. The molecule has 0 aliphatic carbocycles. The molecule has 2 aromatic carbocycles. The van der Waals surface area contributed by atoms with Crippen molar-refractivity contribution in [1.82, 2.24) is 4.90 Å². The first-order valence-corrected chi connectivity index (χ1v) is 7.22. The van der Waals surface area contributed by atoms with Gasteiger partial charge in [0.25, 0.3) is 0 Å². The number of hydrogen-bond donors (Lipinski definition) is 1. The predicted molar refractivity (Wildman–Crippen MR) is 82.8 cm³/mol. The van der Waals surface area contributed by atoms with Gasteiger partial charge in [-0.25, -0.2) is 0 Å². The van der Waals surface area contributed by atoms with Gasteiger partial charge in [0, 0.05) is 20.2 Å². The maximum atomic E-state index is 11.7. The van der Waals surface area contributed by atoms with Crippen LogP contribution in [-0.4, -0.2) is 36.6 Å². The molecule has 1 fully saturated rings. The SMILES string of the molecule is CO[C@H]1C[C@@H](C(N)=O)N(Cc2cccc3ccccc23)C1. The highest BCUT2D eigenvalue weighted by Crippen LogP contribution is 2.25. The Labute approximate surface area is 124 Å². The van der Waals surface area contributed by atoms with Gasteiger partial charge < -0.3 is 10.5 Å². The molecule has 1 amide bonds. The number of rotatable bonds is 4. The second-order valence-corrected chi connectivity index (χ2v) is 5.58. The fourth-order valence-electron chi connectivity index (χ4n) is 3.15. The van der Waals surface area contributed by atoms with Gasteiger partial charge in [0.15, 0.2) is 0 Å². The summed E-state index contributed by atoms with van der Waals surface area (Å²) in [4.78, 5) is 13.8. The molecule has 4 nitrogen and oxygen atoms in total. The van der Waals surface area contributed by atoms with Crippen molar-refractivity contribution in [1.29, 1.82) is 0 Å². The summed E-state index contributed by atoms with van der Waals surface area (Å²) in [6.45, 7) is 1.46. The van der Waals surface area contributed by atoms with Crippen LogP contribution in [0.4, 0.5) is 0 Å². The second kappa shape index (κ2) is 5.84. The lowest BCUT2D eigenvalue weighted by atomic mass is 10.0. The number of nitrogens with zero attached hydrogens (tertiary/aromatic N) is 1. The number of methoxy groups -OCH3 is 1. The molecule has 1 saturated heterocycles. The molecule has 0 saturated carbocycles. The monoisotopic (exact) mass is 284 g/mol. The topological polar surface area (TPSA) is 55.6 Å². The van der Waals surface area contributed by atoms with E-state index in [-0.39, 0.29) is 18.1 Å². The van der Waals surface area contributed by atoms with Crippen molar-refractivity contribution in [2.75, 3.05) is 13.7 Å². The summed E-state index contributed by atoms with van der Waals surface area (Å²) >= 11 is 0. The molecule has 4 heteroatoms. The predicted octanol–water partition coefficient (Wildman–Crippen LogP) is 1.91. The first-order valence-electron chi connectivity index (χ1n) is 7.22. The number of carbonyl (C=O) groups excluding carboxylic acids is 1. The number of likely N-dealkylation sites (tertiary alicyclic amines) is 1. The van der Waals surface area contributed by atoms with E-state index in [1.165, 1.54) is 16.3 Å². The van der Waals surface area contributed by atoms with Gasteiger partial charge in [-0.3, -0.25) is 9.69 Å². The molecule has 0 radical (unpaired) electrons. The Morgan fingerprint density at radius 2 is 2.05 bits per heavy atom. The number of hydrogen-bond acceptors (Lipinski definition) is 3. The minimum atomic E-state index is -0.269. The van der Waals surface area contributed by atoms with Crippen molar-refractivity contribution < 1.29 is 9.53 Å². The van der Waals surface area contributed by atoms with Crippen molar-refractivity contribution in [3.63, 3.8) is 0 Å². The standard InChI is InChI=1S/C17H20N2O2/c1-21-14-9-16(17(18)20)19(11-14)10-13-7-4-6-12-5-2-3-8-15(12)13/h2-8,14,16H,9-11H2,1H3,(H2,18,20)/t14-,16-/m0/s1. The number of benzene rings is 2. The molecule has 0 aromatic heterocycles. The Balaban J connectivity index is 1.89. The molecule has 0 unspecified atom stereocenters. The molecule has 1 aliphatic rings. The van der Waals surface area contributed by atoms with E-state index < -0.39 is 0 Å². The molecule has 21 heavy (non-hydrogen) atoms. The van der Waals surface area contributed by atoms with Crippen molar-refractivity contribution in [2.24, 2.45) is 5.73 Å². The van der Waals surface area contributed by atoms with E-state index >= 15 is 0 Å². The Hall–Kier alpha value is -1.91. The highest BCUT2D eigenvalue weighted by atomic mass is 16.5. The fourth-order valence-corrected chi connectivity index (χ4v) is 3.15. The largest absolute Gasteiger partial charge is 0.380 e. The van der Waals surface area contributed by atoms with Gasteiger partial charge in [-0.2, -0.15) is 0 Å². The van der Waals surface area contributed by atoms with Crippen LogP contribution in [0.3, 0.4) is 0 Å². The molecule has 3 rings (SSSR count). The molecule has 110 valence electrons.